The van der Waals surface area contributed by atoms with Crippen molar-refractivity contribution in [3.8, 4) is 5.75 Å². The fourth-order valence-electron chi connectivity index (χ4n) is 4.09. The molecular formula is C27H22N2O8. The van der Waals surface area contributed by atoms with Crippen molar-refractivity contribution in [2.45, 2.75) is 13.0 Å². The van der Waals surface area contributed by atoms with Crippen LogP contribution in [0.1, 0.15) is 34.5 Å². The summed E-state index contributed by atoms with van der Waals surface area (Å²) < 4.78 is 10.3. The zero-order valence-corrected chi connectivity index (χ0v) is 19.9. The van der Waals surface area contributed by atoms with Crippen molar-refractivity contribution in [3.63, 3.8) is 0 Å². The van der Waals surface area contributed by atoms with Crippen LogP contribution in [0, 0.1) is 10.1 Å². The molecule has 1 atom stereocenters. The number of ether oxygens (including phenoxy) is 2. The summed E-state index contributed by atoms with van der Waals surface area (Å²) in [7, 11) is 1.47. The van der Waals surface area contributed by atoms with E-state index in [4.69, 9.17) is 9.47 Å². The number of methoxy groups -OCH3 is 1. The Kier molecular flexibility index (Phi) is 7.01. The summed E-state index contributed by atoms with van der Waals surface area (Å²) in [5.41, 5.74) is 0.812. The average Bonchev–Trinajstić information content (AvgIpc) is 3.18. The number of non-ortho nitro benzene ring substituents is 1. The second-order valence-corrected chi connectivity index (χ2v) is 8.02. The van der Waals surface area contributed by atoms with Crippen LogP contribution in [0.5, 0.6) is 5.75 Å². The standard InChI is InChI=1S/C27H22N2O8/c1-3-37-27(33)17-9-11-19(12-10-17)28-23(18-5-4-6-21(15-18)36-2)22(25(31)26(28)32)24(30)16-7-13-20(14-8-16)29(34)35/h4-15,23,30H,3H2,1-2H3/b24-22-. The van der Waals surface area contributed by atoms with Crippen molar-refractivity contribution < 1.29 is 33.9 Å². The molecular weight excluding hydrogens is 480 g/mol. The summed E-state index contributed by atoms with van der Waals surface area (Å²) in [4.78, 5) is 50.2. The van der Waals surface area contributed by atoms with Crippen molar-refractivity contribution in [1.82, 2.24) is 0 Å². The van der Waals surface area contributed by atoms with Crippen molar-refractivity contribution in [3.05, 3.63) is 105 Å². The van der Waals surface area contributed by atoms with Crippen molar-refractivity contribution in [2.75, 3.05) is 18.6 Å². The molecule has 1 aliphatic rings. The Morgan fingerprint density at radius 1 is 1.03 bits per heavy atom. The third kappa shape index (κ3) is 4.76. The largest absolute Gasteiger partial charge is 0.507 e. The van der Waals surface area contributed by atoms with E-state index in [1.165, 1.54) is 60.5 Å². The number of anilines is 1. The van der Waals surface area contributed by atoms with E-state index >= 15 is 0 Å². The number of aliphatic hydroxyl groups excluding tert-OH is 1. The molecule has 1 saturated heterocycles. The number of hydrogen-bond donors (Lipinski definition) is 1. The maximum atomic E-state index is 13.3. The third-order valence-corrected chi connectivity index (χ3v) is 5.86. The lowest BCUT2D eigenvalue weighted by molar-refractivity contribution is -0.384. The molecule has 10 heteroatoms. The van der Waals surface area contributed by atoms with Gasteiger partial charge in [-0.3, -0.25) is 24.6 Å². The van der Waals surface area contributed by atoms with Crippen molar-refractivity contribution in [2.24, 2.45) is 0 Å². The maximum absolute atomic E-state index is 13.3. The zero-order chi connectivity index (χ0) is 26.7. The van der Waals surface area contributed by atoms with E-state index in [-0.39, 0.29) is 29.0 Å². The molecule has 188 valence electrons. The Labute approximate surface area is 211 Å². The quantitative estimate of drug-likeness (QED) is 0.125. The minimum absolute atomic E-state index is 0.133. The van der Waals surface area contributed by atoms with E-state index < -0.39 is 34.4 Å². The lowest BCUT2D eigenvalue weighted by Crippen LogP contribution is -2.29. The van der Waals surface area contributed by atoms with Gasteiger partial charge >= 0.3 is 5.97 Å². The minimum atomic E-state index is -1.04. The first kappa shape index (κ1) is 25.1. The molecule has 0 aliphatic carbocycles. The first-order valence-electron chi connectivity index (χ1n) is 11.2. The summed E-state index contributed by atoms with van der Waals surface area (Å²) >= 11 is 0. The Morgan fingerprint density at radius 2 is 1.68 bits per heavy atom. The maximum Gasteiger partial charge on any atom is 0.338 e. The first-order chi connectivity index (χ1) is 17.8. The van der Waals surface area contributed by atoms with E-state index in [0.29, 0.717) is 17.0 Å². The van der Waals surface area contributed by atoms with Crippen molar-refractivity contribution in [1.29, 1.82) is 0 Å². The normalized spacial score (nSPS) is 16.5. The highest BCUT2D eigenvalue weighted by atomic mass is 16.6. The monoisotopic (exact) mass is 502 g/mol. The smallest absolute Gasteiger partial charge is 0.338 e. The van der Waals surface area contributed by atoms with Crippen LogP contribution in [0.15, 0.2) is 78.4 Å². The van der Waals surface area contributed by atoms with Gasteiger partial charge in [0.2, 0.25) is 0 Å². The van der Waals surface area contributed by atoms with E-state index in [2.05, 4.69) is 0 Å². The predicted octanol–water partition coefficient (Wildman–Crippen LogP) is 4.41. The molecule has 37 heavy (non-hydrogen) atoms. The highest BCUT2D eigenvalue weighted by Crippen LogP contribution is 2.43. The Bertz CT molecular complexity index is 1410. The number of benzene rings is 3. The topological polar surface area (TPSA) is 136 Å². The molecule has 10 nitrogen and oxygen atoms in total. The van der Waals surface area contributed by atoms with E-state index in [0.717, 1.165) is 0 Å². The number of rotatable bonds is 7. The number of amides is 1. The average molecular weight is 502 g/mol. The summed E-state index contributed by atoms with van der Waals surface area (Å²) in [5, 5.41) is 22.2. The number of nitrogens with zero attached hydrogens (tertiary/aromatic N) is 2. The third-order valence-electron chi connectivity index (χ3n) is 5.86. The molecule has 0 saturated carbocycles. The molecule has 1 fully saturated rings. The number of nitro groups is 1. The molecule has 1 heterocycles. The van der Waals surface area contributed by atoms with Gasteiger partial charge in [-0.1, -0.05) is 12.1 Å². The number of aliphatic hydroxyl groups is 1. The minimum Gasteiger partial charge on any atom is -0.507 e. The van der Waals surface area contributed by atoms with E-state index in [1.807, 2.05) is 0 Å². The predicted molar refractivity (Wildman–Crippen MR) is 133 cm³/mol. The molecule has 0 bridgehead atoms. The fraction of sp³-hybridized carbons (Fsp3) is 0.148. The van der Waals surface area contributed by atoms with Crippen LogP contribution in [0.2, 0.25) is 0 Å². The molecule has 1 unspecified atom stereocenters. The number of carbonyl (C=O) groups is 3. The summed E-state index contributed by atoms with van der Waals surface area (Å²) in [6.07, 6.45) is 0. The van der Waals surface area contributed by atoms with E-state index in [1.54, 1.807) is 31.2 Å². The van der Waals surface area contributed by atoms with Crippen LogP contribution >= 0.6 is 0 Å². The van der Waals surface area contributed by atoms with Gasteiger partial charge in [-0.2, -0.15) is 0 Å². The lowest BCUT2D eigenvalue weighted by Gasteiger charge is -2.26. The summed E-state index contributed by atoms with van der Waals surface area (Å²) in [6, 6.07) is 16.6. The second kappa shape index (κ2) is 10.3. The summed E-state index contributed by atoms with van der Waals surface area (Å²) in [6.45, 7) is 1.89. The number of ketones is 1. The van der Waals surface area contributed by atoms with Gasteiger partial charge in [0, 0.05) is 23.4 Å². The van der Waals surface area contributed by atoms with E-state index in [9.17, 15) is 29.6 Å². The van der Waals surface area contributed by atoms with Gasteiger partial charge < -0.3 is 14.6 Å². The van der Waals surface area contributed by atoms with Gasteiger partial charge in [0.05, 0.1) is 35.8 Å². The molecule has 4 rings (SSSR count). The van der Waals surface area contributed by atoms with Gasteiger partial charge in [0.15, 0.2) is 0 Å². The number of Topliss-reactive ketones (excluding diaryl/α,β-unsaturated/α-hetero) is 1. The molecule has 1 amide bonds. The van der Waals surface area contributed by atoms with Crippen LogP contribution in [-0.4, -0.2) is 41.4 Å². The highest BCUT2D eigenvalue weighted by molar-refractivity contribution is 6.51. The Hall–Kier alpha value is -4.99. The fourth-order valence-corrected chi connectivity index (χ4v) is 4.09. The van der Waals surface area contributed by atoms with Crippen LogP contribution < -0.4 is 9.64 Å². The van der Waals surface area contributed by atoms with Gasteiger partial charge in [0.25, 0.3) is 17.4 Å². The second-order valence-electron chi connectivity index (χ2n) is 8.02. The van der Waals surface area contributed by atoms with Gasteiger partial charge in [-0.15, -0.1) is 0 Å². The molecule has 0 spiro atoms. The number of esters is 1. The Balaban J connectivity index is 1.87. The van der Waals surface area contributed by atoms with Gasteiger partial charge in [-0.25, -0.2) is 4.79 Å². The lowest BCUT2D eigenvalue weighted by atomic mass is 9.95. The van der Waals surface area contributed by atoms with Gasteiger partial charge in [0.1, 0.15) is 11.5 Å². The van der Waals surface area contributed by atoms with Crippen LogP contribution in [0.4, 0.5) is 11.4 Å². The molecule has 3 aromatic carbocycles. The number of nitro benzene ring substituents is 1. The molecule has 1 N–H and O–H groups in total. The Morgan fingerprint density at radius 3 is 2.27 bits per heavy atom. The number of hydrogen-bond acceptors (Lipinski definition) is 8. The van der Waals surface area contributed by atoms with Crippen molar-refractivity contribution >= 4 is 34.8 Å². The highest BCUT2D eigenvalue weighted by Gasteiger charge is 2.47. The molecule has 3 aromatic rings. The van der Waals surface area contributed by atoms with Crippen LogP contribution in [0.3, 0.4) is 0 Å². The van der Waals surface area contributed by atoms with Crippen LogP contribution in [-0.2, 0) is 14.3 Å². The molecule has 0 radical (unpaired) electrons. The molecule has 1 aliphatic heterocycles. The SMILES string of the molecule is CCOC(=O)c1ccc(N2C(=O)C(=O)/C(=C(\O)c3ccc([N+](=O)[O-])cc3)C2c2cccc(OC)c2)cc1. The summed E-state index contributed by atoms with van der Waals surface area (Å²) in [5.74, 6) is -2.36. The van der Waals surface area contributed by atoms with Gasteiger partial charge in [-0.05, 0) is 61.0 Å². The molecule has 0 aromatic heterocycles. The first-order valence-corrected chi connectivity index (χ1v) is 11.2. The zero-order valence-electron chi connectivity index (χ0n) is 19.9. The number of carbonyl (C=O) groups excluding carboxylic acids is 3. The van der Waals surface area contributed by atoms with Crippen LogP contribution in [0.25, 0.3) is 5.76 Å².